The van der Waals surface area contributed by atoms with Crippen LogP contribution in [0.1, 0.15) is 56.6 Å². The molecular weight excluding hydrogens is 424 g/mol. The lowest BCUT2D eigenvalue weighted by atomic mass is 10.0. The van der Waals surface area contributed by atoms with E-state index in [-0.39, 0.29) is 17.9 Å². The highest BCUT2D eigenvalue weighted by Crippen LogP contribution is 2.30. The molecule has 2 atom stereocenters. The Morgan fingerprint density at radius 1 is 1.19 bits per heavy atom. The van der Waals surface area contributed by atoms with Gasteiger partial charge in [-0.3, -0.25) is 14.5 Å². The standard InChI is InChI=1S/C25H37ClN4O2/c1-17-15-29(9-10-30(17)25(32)20-5-3-4-6-20)16-21-12-22(26)13-23(18(21)2)28-24(31)11-19-7-8-27-14-19/h12-13,17,19-20,27H,3-11,14-16H2,1-2H3,(H,28,31). The van der Waals surface area contributed by atoms with E-state index in [0.29, 0.717) is 23.3 Å². The lowest BCUT2D eigenvalue weighted by molar-refractivity contribution is -0.140. The lowest BCUT2D eigenvalue weighted by Crippen LogP contribution is -2.54. The van der Waals surface area contributed by atoms with Gasteiger partial charge in [0.05, 0.1) is 0 Å². The first-order valence-electron chi connectivity index (χ1n) is 12.2. The van der Waals surface area contributed by atoms with Crippen molar-refractivity contribution in [2.45, 2.75) is 65.0 Å². The summed E-state index contributed by atoms with van der Waals surface area (Å²) in [5, 5.41) is 7.05. The van der Waals surface area contributed by atoms with Gasteiger partial charge in [0, 0.05) is 55.3 Å². The molecular formula is C25H37ClN4O2. The molecule has 1 aromatic carbocycles. The fraction of sp³-hybridized carbons (Fsp3) is 0.680. The SMILES string of the molecule is Cc1c(CN2CCN(C(=O)C3CCCC3)C(C)C2)cc(Cl)cc1NC(=O)CC1CCNC1. The predicted molar refractivity (Wildman–Crippen MR) is 129 cm³/mol. The van der Waals surface area contributed by atoms with Crippen molar-refractivity contribution in [1.82, 2.24) is 15.1 Å². The maximum atomic E-state index is 12.9. The fourth-order valence-electron chi connectivity index (χ4n) is 5.53. The number of hydrogen-bond acceptors (Lipinski definition) is 4. The van der Waals surface area contributed by atoms with Crippen molar-refractivity contribution in [2.75, 3.05) is 38.0 Å². The number of amides is 2. The zero-order valence-corrected chi connectivity index (χ0v) is 20.2. The van der Waals surface area contributed by atoms with E-state index in [1.165, 1.54) is 12.8 Å². The lowest BCUT2D eigenvalue weighted by Gasteiger charge is -2.41. The average Bonchev–Trinajstić information content (AvgIpc) is 3.45. The van der Waals surface area contributed by atoms with Gasteiger partial charge in [-0.25, -0.2) is 0 Å². The Morgan fingerprint density at radius 2 is 1.97 bits per heavy atom. The van der Waals surface area contributed by atoms with E-state index >= 15 is 0 Å². The molecule has 2 unspecified atom stereocenters. The fourth-order valence-corrected chi connectivity index (χ4v) is 5.77. The highest BCUT2D eigenvalue weighted by molar-refractivity contribution is 6.31. The molecule has 2 N–H and O–H groups in total. The molecule has 0 radical (unpaired) electrons. The smallest absolute Gasteiger partial charge is 0.226 e. The van der Waals surface area contributed by atoms with Gasteiger partial charge in [0.25, 0.3) is 0 Å². The summed E-state index contributed by atoms with van der Waals surface area (Å²) in [6.07, 6.45) is 6.09. The highest BCUT2D eigenvalue weighted by Gasteiger charge is 2.33. The van der Waals surface area contributed by atoms with Gasteiger partial charge in [-0.1, -0.05) is 24.4 Å². The molecule has 3 aliphatic rings. The molecule has 7 heteroatoms. The molecule has 1 saturated carbocycles. The van der Waals surface area contributed by atoms with Crippen molar-refractivity contribution < 1.29 is 9.59 Å². The summed E-state index contributed by atoms with van der Waals surface area (Å²) < 4.78 is 0. The van der Waals surface area contributed by atoms with Gasteiger partial charge in [0.15, 0.2) is 0 Å². The van der Waals surface area contributed by atoms with Crippen molar-refractivity contribution in [2.24, 2.45) is 11.8 Å². The van der Waals surface area contributed by atoms with E-state index in [4.69, 9.17) is 11.6 Å². The van der Waals surface area contributed by atoms with Crippen molar-refractivity contribution >= 4 is 29.1 Å². The summed E-state index contributed by atoms with van der Waals surface area (Å²) in [6.45, 7) is 9.42. The minimum atomic E-state index is 0.0580. The van der Waals surface area contributed by atoms with Crippen LogP contribution in [0.3, 0.4) is 0 Å². The maximum Gasteiger partial charge on any atom is 0.226 e. The Bertz CT molecular complexity index is 833. The first kappa shape index (κ1) is 23.5. The van der Waals surface area contributed by atoms with Crippen LogP contribution in [0, 0.1) is 18.8 Å². The Labute approximate surface area is 197 Å². The van der Waals surface area contributed by atoms with Crippen LogP contribution < -0.4 is 10.6 Å². The molecule has 3 fully saturated rings. The van der Waals surface area contributed by atoms with Crippen LogP contribution in [0.2, 0.25) is 5.02 Å². The first-order valence-corrected chi connectivity index (χ1v) is 12.6. The van der Waals surface area contributed by atoms with Crippen LogP contribution in [0.25, 0.3) is 0 Å². The number of nitrogens with one attached hydrogen (secondary N) is 2. The summed E-state index contributed by atoms with van der Waals surface area (Å²) in [5.41, 5.74) is 3.02. The van der Waals surface area contributed by atoms with E-state index < -0.39 is 0 Å². The van der Waals surface area contributed by atoms with E-state index in [9.17, 15) is 9.59 Å². The second kappa shape index (κ2) is 10.5. The third-order valence-corrected chi connectivity index (χ3v) is 7.70. The van der Waals surface area contributed by atoms with E-state index in [2.05, 4.69) is 34.3 Å². The van der Waals surface area contributed by atoms with Gasteiger partial charge in [-0.05, 0) is 75.4 Å². The summed E-state index contributed by atoms with van der Waals surface area (Å²) >= 11 is 6.43. The predicted octanol–water partition coefficient (Wildman–Crippen LogP) is 3.81. The van der Waals surface area contributed by atoms with Crippen LogP contribution >= 0.6 is 11.6 Å². The molecule has 0 spiro atoms. The molecule has 2 heterocycles. The largest absolute Gasteiger partial charge is 0.337 e. The monoisotopic (exact) mass is 460 g/mol. The van der Waals surface area contributed by atoms with E-state index in [1.54, 1.807) is 0 Å². The average molecular weight is 461 g/mol. The first-order chi connectivity index (χ1) is 15.4. The molecule has 4 rings (SSSR count). The van der Waals surface area contributed by atoms with Gasteiger partial charge in [0.1, 0.15) is 0 Å². The third kappa shape index (κ3) is 5.64. The van der Waals surface area contributed by atoms with E-state index in [1.807, 2.05) is 12.1 Å². The highest BCUT2D eigenvalue weighted by atomic mass is 35.5. The summed E-state index contributed by atoms with van der Waals surface area (Å²) in [5.74, 6) is 1.07. The number of nitrogens with zero attached hydrogens (tertiary/aromatic N) is 2. The zero-order valence-electron chi connectivity index (χ0n) is 19.5. The number of carbonyl (C=O) groups excluding carboxylic acids is 2. The minimum Gasteiger partial charge on any atom is -0.337 e. The molecule has 2 aliphatic heterocycles. The summed E-state index contributed by atoms with van der Waals surface area (Å²) in [7, 11) is 0. The molecule has 0 aromatic heterocycles. The number of piperazine rings is 1. The Balaban J connectivity index is 1.36. The van der Waals surface area contributed by atoms with Crippen molar-refractivity contribution in [3.05, 3.63) is 28.3 Å². The van der Waals surface area contributed by atoms with Gasteiger partial charge >= 0.3 is 0 Å². The van der Waals surface area contributed by atoms with Gasteiger partial charge in [-0.2, -0.15) is 0 Å². The number of halogens is 1. The molecule has 2 saturated heterocycles. The number of anilines is 1. The van der Waals surface area contributed by atoms with E-state index in [0.717, 1.165) is 75.3 Å². The maximum absolute atomic E-state index is 12.9. The second-order valence-electron chi connectivity index (χ2n) is 9.95. The van der Waals surface area contributed by atoms with Crippen LogP contribution in [-0.2, 0) is 16.1 Å². The molecule has 2 amide bonds. The van der Waals surface area contributed by atoms with Crippen molar-refractivity contribution in [3.8, 4) is 0 Å². The molecule has 1 aromatic rings. The molecule has 6 nitrogen and oxygen atoms in total. The number of carbonyl (C=O) groups is 2. The van der Waals surface area contributed by atoms with Gasteiger partial charge in [0.2, 0.25) is 11.8 Å². The molecule has 1 aliphatic carbocycles. The normalized spacial score (nSPS) is 24.8. The number of rotatable bonds is 6. The second-order valence-corrected chi connectivity index (χ2v) is 10.4. The minimum absolute atomic E-state index is 0.0580. The number of hydrogen-bond donors (Lipinski definition) is 2. The van der Waals surface area contributed by atoms with Crippen LogP contribution in [0.15, 0.2) is 12.1 Å². The van der Waals surface area contributed by atoms with Gasteiger partial charge < -0.3 is 15.5 Å². The molecule has 176 valence electrons. The van der Waals surface area contributed by atoms with Crippen LogP contribution in [0.5, 0.6) is 0 Å². The third-order valence-electron chi connectivity index (χ3n) is 7.48. The number of benzene rings is 1. The topological polar surface area (TPSA) is 64.7 Å². The van der Waals surface area contributed by atoms with Crippen LogP contribution in [0.4, 0.5) is 5.69 Å². The quantitative estimate of drug-likeness (QED) is 0.677. The summed E-state index contributed by atoms with van der Waals surface area (Å²) in [6, 6.07) is 4.08. The molecule has 32 heavy (non-hydrogen) atoms. The van der Waals surface area contributed by atoms with Crippen molar-refractivity contribution in [3.63, 3.8) is 0 Å². The molecule has 0 bridgehead atoms. The Morgan fingerprint density at radius 3 is 2.66 bits per heavy atom. The van der Waals surface area contributed by atoms with Gasteiger partial charge in [-0.15, -0.1) is 0 Å². The Hall–Kier alpha value is -1.63. The summed E-state index contributed by atoms with van der Waals surface area (Å²) in [4.78, 5) is 29.9. The van der Waals surface area contributed by atoms with Crippen LogP contribution in [-0.4, -0.2) is 60.4 Å². The Kier molecular flexibility index (Phi) is 7.74. The van der Waals surface area contributed by atoms with Crippen molar-refractivity contribution in [1.29, 1.82) is 0 Å². The zero-order chi connectivity index (χ0) is 22.7.